The van der Waals surface area contributed by atoms with Crippen molar-refractivity contribution in [3.8, 4) is 0 Å². The van der Waals surface area contributed by atoms with Crippen molar-refractivity contribution in [1.29, 1.82) is 0 Å². The molecule has 0 bridgehead atoms. The molecule has 3 saturated heterocycles. The summed E-state index contributed by atoms with van der Waals surface area (Å²) in [6, 6.07) is 6.16. The molecule has 5 heteroatoms. The van der Waals surface area contributed by atoms with Crippen molar-refractivity contribution in [2.75, 3.05) is 32.8 Å². The highest BCUT2D eigenvalue weighted by atomic mass is 16.5. The second kappa shape index (κ2) is 7.42. The van der Waals surface area contributed by atoms with E-state index in [9.17, 15) is 4.79 Å². The van der Waals surface area contributed by atoms with Crippen molar-refractivity contribution < 1.29 is 9.53 Å². The summed E-state index contributed by atoms with van der Waals surface area (Å²) in [5, 5.41) is 0. The Hall–Kier alpha value is -1.46. The van der Waals surface area contributed by atoms with E-state index < -0.39 is 0 Å². The Balaban J connectivity index is 1.33. The Morgan fingerprint density at radius 1 is 1.20 bits per heavy atom. The van der Waals surface area contributed by atoms with Gasteiger partial charge in [0.25, 0.3) is 5.91 Å². The first-order chi connectivity index (χ1) is 12.2. The van der Waals surface area contributed by atoms with Gasteiger partial charge in [-0.15, -0.1) is 0 Å². The first-order valence-corrected chi connectivity index (χ1v) is 9.77. The predicted molar refractivity (Wildman–Crippen MR) is 96.0 cm³/mol. The van der Waals surface area contributed by atoms with E-state index in [1.54, 1.807) is 0 Å². The number of amides is 1. The second-order valence-electron chi connectivity index (χ2n) is 7.96. The maximum Gasteiger partial charge on any atom is 0.251 e. The molecule has 1 atom stereocenters. The van der Waals surface area contributed by atoms with Gasteiger partial charge in [-0.3, -0.25) is 14.7 Å². The monoisotopic (exact) mass is 343 g/mol. The third-order valence-corrected chi connectivity index (χ3v) is 6.19. The predicted octanol–water partition coefficient (Wildman–Crippen LogP) is 2.47. The number of likely N-dealkylation sites (tertiary alicyclic amines) is 2. The van der Waals surface area contributed by atoms with Crippen LogP contribution in [0.2, 0.25) is 0 Å². The largest absolute Gasteiger partial charge is 0.368 e. The fourth-order valence-electron chi connectivity index (χ4n) is 4.75. The number of aromatic nitrogens is 1. The number of hydrogen-bond donors (Lipinski definition) is 0. The van der Waals surface area contributed by atoms with Crippen LogP contribution in [0.3, 0.4) is 0 Å². The zero-order valence-corrected chi connectivity index (χ0v) is 15.0. The molecule has 0 unspecified atom stereocenters. The van der Waals surface area contributed by atoms with Crippen molar-refractivity contribution in [1.82, 2.24) is 14.8 Å². The molecule has 0 N–H and O–H groups in total. The van der Waals surface area contributed by atoms with Gasteiger partial charge in [-0.2, -0.15) is 0 Å². The molecular formula is C20H29N3O2. The van der Waals surface area contributed by atoms with E-state index in [4.69, 9.17) is 4.74 Å². The van der Waals surface area contributed by atoms with Crippen molar-refractivity contribution in [2.24, 2.45) is 5.41 Å². The number of hydrogen-bond acceptors (Lipinski definition) is 4. The lowest BCUT2D eigenvalue weighted by molar-refractivity contribution is -0.144. The highest BCUT2D eigenvalue weighted by Gasteiger charge is 2.40. The molecule has 3 aliphatic rings. The number of ether oxygens (including phenoxy) is 1. The molecule has 1 amide bonds. The van der Waals surface area contributed by atoms with Crippen LogP contribution >= 0.6 is 0 Å². The summed E-state index contributed by atoms with van der Waals surface area (Å²) in [6.45, 7) is 5.80. The van der Waals surface area contributed by atoms with Gasteiger partial charge in [0.1, 0.15) is 6.10 Å². The van der Waals surface area contributed by atoms with Crippen molar-refractivity contribution >= 4 is 5.91 Å². The topological polar surface area (TPSA) is 45.7 Å². The third-order valence-electron chi connectivity index (χ3n) is 6.19. The van der Waals surface area contributed by atoms with E-state index in [1.165, 1.54) is 12.8 Å². The minimum Gasteiger partial charge on any atom is -0.368 e. The minimum absolute atomic E-state index is 0.166. The molecule has 25 heavy (non-hydrogen) atoms. The molecule has 0 radical (unpaired) electrons. The summed E-state index contributed by atoms with van der Waals surface area (Å²) in [7, 11) is 0. The van der Waals surface area contributed by atoms with Crippen LogP contribution in [0.4, 0.5) is 0 Å². The van der Waals surface area contributed by atoms with Gasteiger partial charge in [-0.05, 0) is 62.6 Å². The van der Waals surface area contributed by atoms with E-state index in [0.29, 0.717) is 5.41 Å². The molecule has 136 valence electrons. The highest BCUT2D eigenvalue weighted by Crippen LogP contribution is 2.40. The first-order valence-electron chi connectivity index (χ1n) is 9.77. The van der Waals surface area contributed by atoms with Gasteiger partial charge in [0.15, 0.2) is 0 Å². The second-order valence-corrected chi connectivity index (χ2v) is 7.96. The van der Waals surface area contributed by atoms with Crippen LogP contribution in [-0.4, -0.2) is 59.6 Å². The molecule has 0 aromatic carbocycles. The van der Waals surface area contributed by atoms with Crippen molar-refractivity contribution in [3.63, 3.8) is 0 Å². The number of pyridine rings is 1. The van der Waals surface area contributed by atoms with Crippen LogP contribution < -0.4 is 0 Å². The average molecular weight is 343 g/mol. The molecular weight excluding hydrogens is 314 g/mol. The minimum atomic E-state index is -0.166. The fraction of sp³-hybridized carbons (Fsp3) is 0.700. The zero-order valence-electron chi connectivity index (χ0n) is 15.0. The van der Waals surface area contributed by atoms with Crippen LogP contribution in [-0.2, 0) is 16.1 Å². The molecule has 0 saturated carbocycles. The molecule has 0 aliphatic carbocycles. The van der Waals surface area contributed by atoms with Gasteiger partial charge in [-0.25, -0.2) is 0 Å². The standard InChI is InChI=1S/C20H29N3O2/c24-19(18-6-3-14-25-18)23-12-8-20(9-13-23)7-4-11-22(16-20)15-17-5-1-2-10-21-17/h1-2,5,10,18H,3-4,6-9,11-16H2/t18-/m0/s1. The molecule has 1 aromatic rings. The molecule has 3 aliphatic heterocycles. The maximum atomic E-state index is 12.6. The molecule has 3 fully saturated rings. The quantitative estimate of drug-likeness (QED) is 0.846. The smallest absolute Gasteiger partial charge is 0.251 e. The molecule has 4 heterocycles. The lowest BCUT2D eigenvalue weighted by atomic mass is 9.72. The Kier molecular flexibility index (Phi) is 5.04. The van der Waals surface area contributed by atoms with Crippen LogP contribution in [0.5, 0.6) is 0 Å². The van der Waals surface area contributed by atoms with Gasteiger partial charge in [0.2, 0.25) is 0 Å². The number of nitrogens with zero attached hydrogens (tertiary/aromatic N) is 3. The Labute approximate surface area is 150 Å². The van der Waals surface area contributed by atoms with Gasteiger partial charge in [0, 0.05) is 39.0 Å². The lowest BCUT2D eigenvalue weighted by Gasteiger charge is -2.48. The van der Waals surface area contributed by atoms with Gasteiger partial charge in [0.05, 0.1) is 5.69 Å². The normalized spacial score (nSPS) is 26.9. The summed E-state index contributed by atoms with van der Waals surface area (Å²) in [5.74, 6) is 0.230. The van der Waals surface area contributed by atoms with E-state index in [0.717, 1.165) is 70.7 Å². The van der Waals surface area contributed by atoms with Crippen molar-refractivity contribution in [3.05, 3.63) is 30.1 Å². The highest BCUT2D eigenvalue weighted by molar-refractivity contribution is 5.81. The van der Waals surface area contributed by atoms with E-state index in [1.807, 2.05) is 12.3 Å². The number of piperidine rings is 2. The van der Waals surface area contributed by atoms with E-state index in [-0.39, 0.29) is 12.0 Å². The number of rotatable bonds is 3. The van der Waals surface area contributed by atoms with E-state index >= 15 is 0 Å². The Bertz CT molecular complexity index is 578. The maximum absolute atomic E-state index is 12.6. The summed E-state index contributed by atoms with van der Waals surface area (Å²) >= 11 is 0. The van der Waals surface area contributed by atoms with Crippen LogP contribution in [0, 0.1) is 5.41 Å². The lowest BCUT2D eigenvalue weighted by Crippen LogP contribution is -2.52. The third kappa shape index (κ3) is 3.87. The molecule has 4 rings (SSSR count). The molecule has 1 spiro atoms. The van der Waals surface area contributed by atoms with E-state index in [2.05, 4.69) is 26.9 Å². The molecule has 5 nitrogen and oxygen atoms in total. The average Bonchev–Trinajstić information content (AvgIpc) is 3.18. The zero-order chi connectivity index (χ0) is 17.1. The van der Waals surface area contributed by atoms with Crippen LogP contribution in [0.25, 0.3) is 0 Å². The number of carbonyl (C=O) groups is 1. The summed E-state index contributed by atoms with van der Waals surface area (Å²) in [5.41, 5.74) is 1.55. The molecule has 1 aromatic heterocycles. The summed E-state index contributed by atoms with van der Waals surface area (Å²) in [4.78, 5) is 21.7. The number of carbonyl (C=O) groups excluding carboxylic acids is 1. The SMILES string of the molecule is O=C([C@@H]1CCCO1)N1CCC2(CCCN(Cc3ccccn3)C2)CC1. The van der Waals surface area contributed by atoms with Gasteiger partial charge >= 0.3 is 0 Å². The van der Waals surface area contributed by atoms with Crippen LogP contribution in [0.1, 0.15) is 44.2 Å². The fourth-order valence-corrected chi connectivity index (χ4v) is 4.75. The Morgan fingerprint density at radius 2 is 2.08 bits per heavy atom. The van der Waals surface area contributed by atoms with Gasteiger partial charge < -0.3 is 9.64 Å². The van der Waals surface area contributed by atoms with Gasteiger partial charge in [-0.1, -0.05) is 6.07 Å². The Morgan fingerprint density at radius 3 is 2.80 bits per heavy atom. The first kappa shape index (κ1) is 17.0. The van der Waals surface area contributed by atoms with Crippen molar-refractivity contribution in [2.45, 2.75) is 51.2 Å². The summed E-state index contributed by atoms with van der Waals surface area (Å²) < 4.78 is 5.58. The summed E-state index contributed by atoms with van der Waals surface area (Å²) in [6.07, 6.45) is 8.45. The van der Waals surface area contributed by atoms with Crippen LogP contribution in [0.15, 0.2) is 24.4 Å².